The van der Waals surface area contributed by atoms with Gasteiger partial charge in [-0.15, -0.1) is 0 Å². The first-order chi connectivity index (χ1) is 10.1. The number of carbonyl (C=O) groups is 3. The second kappa shape index (κ2) is 7.06. The molecular formula is C16H21NO5. The molecule has 22 heavy (non-hydrogen) atoms. The van der Waals surface area contributed by atoms with Gasteiger partial charge in [0, 0.05) is 12.6 Å². The van der Waals surface area contributed by atoms with Gasteiger partial charge >= 0.3 is 11.9 Å². The molecule has 6 nitrogen and oxygen atoms in total. The van der Waals surface area contributed by atoms with Gasteiger partial charge in [-0.25, -0.2) is 4.79 Å². The molecule has 2 N–H and O–H groups in total. The average molecular weight is 307 g/mol. The summed E-state index contributed by atoms with van der Waals surface area (Å²) in [6.45, 7) is 7.34. The van der Waals surface area contributed by atoms with E-state index in [1.807, 2.05) is 12.1 Å². The molecule has 0 saturated carbocycles. The van der Waals surface area contributed by atoms with E-state index >= 15 is 0 Å². The van der Waals surface area contributed by atoms with Gasteiger partial charge in [0.2, 0.25) is 12.0 Å². The van der Waals surface area contributed by atoms with Crippen LogP contribution in [0.25, 0.3) is 0 Å². The highest BCUT2D eigenvalue weighted by atomic mass is 16.6. The molecule has 0 aliphatic carbocycles. The van der Waals surface area contributed by atoms with Gasteiger partial charge < -0.3 is 15.2 Å². The van der Waals surface area contributed by atoms with Crippen LogP contribution >= 0.6 is 0 Å². The first kappa shape index (κ1) is 17.7. The lowest BCUT2D eigenvalue weighted by molar-refractivity contribution is -0.163. The Kier molecular flexibility index (Phi) is 5.68. The first-order valence-electron chi connectivity index (χ1n) is 6.90. The minimum absolute atomic E-state index is 0.00622. The molecule has 0 aromatic heterocycles. The van der Waals surface area contributed by atoms with Gasteiger partial charge in [-0.1, -0.05) is 32.9 Å². The third-order valence-corrected chi connectivity index (χ3v) is 2.99. The van der Waals surface area contributed by atoms with E-state index in [9.17, 15) is 14.4 Å². The summed E-state index contributed by atoms with van der Waals surface area (Å²) in [5, 5.41) is 11.5. The Morgan fingerprint density at radius 1 is 1.18 bits per heavy atom. The molecule has 1 rings (SSSR count). The summed E-state index contributed by atoms with van der Waals surface area (Å²) < 4.78 is 4.58. The Labute approximate surface area is 129 Å². The van der Waals surface area contributed by atoms with Crippen molar-refractivity contribution in [1.82, 2.24) is 0 Å². The third-order valence-electron chi connectivity index (χ3n) is 2.99. The molecule has 1 atom stereocenters. The van der Waals surface area contributed by atoms with Crippen molar-refractivity contribution in [3.63, 3.8) is 0 Å². The van der Waals surface area contributed by atoms with Gasteiger partial charge in [0.05, 0.1) is 6.42 Å². The molecule has 1 aromatic rings. The summed E-state index contributed by atoms with van der Waals surface area (Å²) in [6, 6.07) is 7.30. The number of carboxylic acid groups (broad SMARTS) is 1. The number of amides is 1. The van der Waals surface area contributed by atoms with Crippen LogP contribution in [0.5, 0.6) is 0 Å². The van der Waals surface area contributed by atoms with E-state index in [0.29, 0.717) is 5.69 Å². The van der Waals surface area contributed by atoms with Crippen molar-refractivity contribution in [1.29, 1.82) is 0 Å². The van der Waals surface area contributed by atoms with E-state index in [1.54, 1.807) is 12.1 Å². The Morgan fingerprint density at radius 3 is 2.14 bits per heavy atom. The Bertz CT molecular complexity index is 557. The summed E-state index contributed by atoms with van der Waals surface area (Å²) in [4.78, 5) is 33.6. The van der Waals surface area contributed by atoms with Crippen LogP contribution in [-0.4, -0.2) is 29.1 Å². The van der Waals surface area contributed by atoms with Crippen LogP contribution in [0.15, 0.2) is 24.3 Å². The summed E-state index contributed by atoms with van der Waals surface area (Å²) in [7, 11) is 0. The number of carbonyl (C=O) groups excluding carboxylic acids is 2. The standard InChI is InChI=1S/C16H21NO5/c1-10(18)22-13(15(20)21)9-14(19)17-12-7-5-11(6-8-12)16(2,3)4/h5-8,13H,9H2,1-4H3,(H,17,19)(H,20,21). The quantitative estimate of drug-likeness (QED) is 0.814. The van der Waals surface area contributed by atoms with Crippen molar-refractivity contribution >= 4 is 23.5 Å². The molecule has 6 heteroatoms. The van der Waals surface area contributed by atoms with Gasteiger partial charge in [-0.3, -0.25) is 9.59 Å². The van der Waals surface area contributed by atoms with E-state index < -0.39 is 30.4 Å². The van der Waals surface area contributed by atoms with E-state index in [1.165, 1.54) is 0 Å². The summed E-state index contributed by atoms with van der Waals surface area (Å²) in [6.07, 6.45) is -1.91. The monoisotopic (exact) mass is 307 g/mol. The van der Waals surface area contributed by atoms with Crippen LogP contribution in [0.4, 0.5) is 5.69 Å². The highest BCUT2D eigenvalue weighted by molar-refractivity contribution is 5.94. The maximum atomic E-state index is 11.8. The van der Waals surface area contributed by atoms with E-state index in [2.05, 4.69) is 30.8 Å². The van der Waals surface area contributed by atoms with Gasteiger partial charge in [0.25, 0.3) is 0 Å². The number of carboxylic acids is 1. The zero-order valence-electron chi connectivity index (χ0n) is 13.2. The minimum Gasteiger partial charge on any atom is -0.478 e. The van der Waals surface area contributed by atoms with Crippen LogP contribution < -0.4 is 5.32 Å². The minimum atomic E-state index is -1.48. The molecule has 0 saturated heterocycles. The zero-order chi connectivity index (χ0) is 16.9. The van der Waals surface area contributed by atoms with Gasteiger partial charge in [0.15, 0.2) is 0 Å². The lowest BCUT2D eigenvalue weighted by Crippen LogP contribution is -2.31. The number of anilines is 1. The molecule has 0 aliphatic rings. The molecule has 0 bridgehead atoms. The number of aliphatic carboxylic acids is 1. The molecule has 120 valence electrons. The van der Waals surface area contributed by atoms with Crippen LogP contribution in [-0.2, 0) is 24.5 Å². The molecule has 1 unspecified atom stereocenters. The van der Waals surface area contributed by atoms with Crippen molar-refractivity contribution in [2.45, 2.75) is 45.6 Å². The third kappa shape index (κ3) is 5.55. The number of ether oxygens (including phenoxy) is 1. The fourth-order valence-corrected chi connectivity index (χ4v) is 1.81. The first-order valence-corrected chi connectivity index (χ1v) is 6.90. The van der Waals surface area contributed by atoms with Crippen LogP contribution in [0.3, 0.4) is 0 Å². The molecule has 0 heterocycles. The maximum absolute atomic E-state index is 11.8. The number of rotatable bonds is 5. The molecule has 1 amide bonds. The zero-order valence-corrected chi connectivity index (χ0v) is 13.2. The van der Waals surface area contributed by atoms with Crippen molar-refractivity contribution in [2.24, 2.45) is 0 Å². The molecular weight excluding hydrogens is 286 g/mol. The fraction of sp³-hybridized carbons (Fsp3) is 0.438. The number of nitrogens with one attached hydrogen (secondary N) is 1. The topological polar surface area (TPSA) is 92.7 Å². The van der Waals surface area contributed by atoms with Gasteiger partial charge in [0.1, 0.15) is 0 Å². The Morgan fingerprint density at radius 2 is 1.73 bits per heavy atom. The van der Waals surface area contributed by atoms with Crippen molar-refractivity contribution in [3.05, 3.63) is 29.8 Å². The van der Waals surface area contributed by atoms with E-state index in [-0.39, 0.29) is 5.41 Å². The molecule has 1 aromatic carbocycles. The average Bonchev–Trinajstić information content (AvgIpc) is 2.36. The van der Waals surface area contributed by atoms with Gasteiger partial charge in [-0.05, 0) is 23.1 Å². The highest BCUT2D eigenvalue weighted by Gasteiger charge is 2.24. The van der Waals surface area contributed by atoms with E-state index in [4.69, 9.17) is 5.11 Å². The number of esters is 1. The lowest BCUT2D eigenvalue weighted by atomic mass is 9.87. The summed E-state index contributed by atoms with van der Waals surface area (Å²) >= 11 is 0. The number of benzene rings is 1. The smallest absolute Gasteiger partial charge is 0.345 e. The predicted molar refractivity (Wildman–Crippen MR) is 81.6 cm³/mol. The molecule has 0 aliphatic heterocycles. The SMILES string of the molecule is CC(=O)OC(CC(=O)Nc1ccc(C(C)(C)C)cc1)C(=O)O. The molecule has 0 spiro atoms. The van der Waals surface area contributed by atoms with Crippen molar-refractivity contribution in [3.8, 4) is 0 Å². The Hall–Kier alpha value is -2.37. The van der Waals surface area contributed by atoms with Crippen LogP contribution in [0.2, 0.25) is 0 Å². The van der Waals surface area contributed by atoms with Crippen LogP contribution in [0, 0.1) is 0 Å². The van der Waals surface area contributed by atoms with Crippen LogP contribution in [0.1, 0.15) is 39.7 Å². The van der Waals surface area contributed by atoms with Crippen molar-refractivity contribution in [2.75, 3.05) is 5.32 Å². The summed E-state index contributed by atoms with van der Waals surface area (Å²) in [5.41, 5.74) is 1.69. The second-order valence-electron chi connectivity index (χ2n) is 6.02. The normalized spacial score (nSPS) is 12.4. The van der Waals surface area contributed by atoms with E-state index in [0.717, 1.165) is 12.5 Å². The second-order valence-corrected chi connectivity index (χ2v) is 6.02. The number of hydrogen-bond acceptors (Lipinski definition) is 4. The maximum Gasteiger partial charge on any atom is 0.345 e. The summed E-state index contributed by atoms with van der Waals surface area (Å²) in [5.74, 6) is -2.62. The lowest BCUT2D eigenvalue weighted by Gasteiger charge is -2.19. The Balaban J connectivity index is 2.68. The van der Waals surface area contributed by atoms with Gasteiger partial charge in [-0.2, -0.15) is 0 Å². The molecule has 0 fully saturated rings. The largest absolute Gasteiger partial charge is 0.478 e. The molecule has 0 radical (unpaired) electrons. The fourth-order valence-electron chi connectivity index (χ4n) is 1.81. The predicted octanol–water partition coefficient (Wildman–Crippen LogP) is 2.33. The number of hydrogen-bond donors (Lipinski definition) is 2. The van der Waals surface area contributed by atoms with Crippen molar-refractivity contribution < 1.29 is 24.2 Å². The highest BCUT2D eigenvalue weighted by Crippen LogP contribution is 2.23.